The zero-order valence-electron chi connectivity index (χ0n) is 17.7. The number of thiazole rings is 1. The Morgan fingerprint density at radius 2 is 1.59 bits per heavy atom. The Bertz CT molecular complexity index is 1310. The fourth-order valence-corrected chi connectivity index (χ4v) is 6.21. The average molecular weight is 471 g/mol. The molecule has 0 bridgehead atoms. The molecule has 0 aliphatic heterocycles. The van der Waals surface area contributed by atoms with Gasteiger partial charge in [-0.1, -0.05) is 43.4 Å². The van der Waals surface area contributed by atoms with Crippen LogP contribution in [0, 0.1) is 3.95 Å². The van der Waals surface area contributed by atoms with Crippen molar-refractivity contribution in [1.29, 1.82) is 0 Å². The van der Waals surface area contributed by atoms with E-state index in [0.717, 1.165) is 51.4 Å². The van der Waals surface area contributed by atoms with Gasteiger partial charge in [0.1, 0.15) is 10.5 Å². The molecule has 1 aromatic carbocycles. The van der Waals surface area contributed by atoms with Crippen LogP contribution in [0.3, 0.4) is 0 Å². The van der Waals surface area contributed by atoms with Gasteiger partial charge in [0.05, 0.1) is 10.9 Å². The third-order valence-corrected chi connectivity index (χ3v) is 8.00. The van der Waals surface area contributed by atoms with E-state index < -0.39 is 0 Å². The van der Waals surface area contributed by atoms with Crippen LogP contribution in [-0.2, 0) is 0 Å². The van der Waals surface area contributed by atoms with Crippen LogP contribution in [-0.4, -0.2) is 33.3 Å². The smallest absolute Gasteiger partial charge is 0.265 e. The lowest BCUT2D eigenvalue weighted by molar-refractivity contribution is 0.0924. The van der Waals surface area contributed by atoms with Crippen molar-refractivity contribution >= 4 is 51.9 Å². The zero-order chi connectivity index (χ0) is 22.2. The summed E-state index contributed by atoms with van der Waals surface area (Å²) in [6.07, 6.45) is 9.66. The van der Waals surface area contributed by atoms with Gasteiger partial charge in [0.25, 0.3) is 17.4 Å². The quantitative estimate of drug-likeness (QED) is 0.495. The first-order valence-electron chi connectivity index (χ1n) is 11.3. The highest BCUT2D eigenvalue weighted by Gasteiger charge is 2.23. The summed E-state index contributed by atoms with van der Waals surface area (Å²) < 4.78 is 2.17. The summed E-state index contributed by atoms with van der Waals surface area (Å²) in [6, 6.07) is 5.39. The van der Waals surface area contributed by atoms with Crippen molar-refractivity contribution in [3.63, 3.8) is 0 Å². The first-order chi connectivity index (χ1) is 15.5. The monoisotopic (exact) mass is 470 g/mol. The number of nitrogens with zero attached hydrogens (tertiary/aromatic N) is 1. The maximum Gasteiger partial charge on any atom is 0.265 e. The number of aromatic nitrogens is 2. The molecular formula is C23H26N4O3S2. The van der Waals surface area contributed by atoms with Gasteiger partial charge in [-0.25, -0.2) is 0 Å². The van der Waals surface area contributed by atoms with Gasteiger partial charge < -0.3 is 15.6 Å². The fraction of sp³-hybridized carbons (Fsp3) is 0.478. The van der Waals surface area contributed by atoms with E-state index in [9.17, 15) is 14.4 Å². The minimum atomic E-state index is -0.304. The molecule has 3 N–H and O–H groups in total. The summed E-state index contributed by atoms with van der Waals surface area (Å²) in [6.45, 7) is 0. The number of rotatable bonds is 4. The number of carbonyl (C=O) groups is 2. The van der Waals surface area contributed by atoms with Gasteiger partial charge in [0.15, 0.2) is 3.95 Å². The molecule has 2 amide bonds. The topological polar surface area (TPSA) is 95.5 Å². The van der Waals surface area contributed by atoms with E-state index >= 15 is 0 Å². The van der Waals surface area contributed by atoms with Crippen LogP contribution in [0.15, 0.2) is 23.0 Å². The zero-order valence-corrected chi connectivity index (χ0v) is 19.4. The summed E-state index contributed by atoms with van der Waals surface area (Å²) in [5.74, 6) is -0.357. The Kier molecular flexibility index (Phi) is 5.86. The first kappa shape index (κ1) is 21.3. The van der Waals surface area contributed by atoms with Crippen molar-refractivity contribution in [3.8, 4) is 0 Å². The molecule has 168 valence electrons. The van der Waals surface area contributed by atoms with Gasteiger partial charge in [-0.2, -0.15) is 0 Å². The van der Waals surface area contributed by atoms with E-state index in [4.69, 9.17) is 12.2 Å². The number of hydrogen-bond acceptors (Lipinski definition) is 5. The number of aromatic amines is 1. The van der Waals surface area contributed by atoms with E-state index in [2.05, 4.69) is 15.6 Å². The average Bonchev–Trinajstić information content (AvgIpc) is 3.42. The van der Waals surface area contributed by atoms with Crippen LogP contribution in [0.1, 0.15) is 77.8 Å². The van der Waals surface area contributed by atoms with Gasteiger partial charge >= 0.3 is 0 Å². The van der Waals surface area contributed by atoms with Gasteiger partial charge in [-0.15, -0.1) is 0 Å². The molecule has 7 nitrogen and oxygen atoms in total. The summed E-state index contributed by atoms with van der Waals surface area (Å²) in [5.41, 5.74) is 1.11. The van der Waals surface area contributed by atoms with Gasteiger partial charge in [0.2, 0.25) is 0 Å². The van der Waals surface area contributed by atoms with Crippen LogP contribution < -0.4 is 16.2 Å². The third-order valence-electron chi connectivity index (χ3n) is 6.63. The highest BCUT2D eigenvalue weighted by Crippen LogP contribution is 2.25. The van der Waals surface area contributed by atoms with Crippen LogP contribution in [0.2, 0.25) is 0 Å². The molecule has 2 aromatic heterocycles. The van der Waals surface area contributed by atoms with Crippen LogP contribution >= 0.6 is 23.6 Å². The van der Waals surface area contributed by atoms with Gasteiger partial charge in [-0.3, -0.25) is 18.8 Å². The van der Waals surface area contributed by atoms with Crippen LogP contribution in [0.25, 0.3) is 16.6 Å². The molecule has 0 atom stereocenters. The highest BCUT2D eigenvalue weighted by molar-refractivity contribution is 7.73. The number of hydrogen-bond donors (Lipinski definition) is 3. The summed E-state index contributed by atoms with van der Waals surface area (Å²) >= 11 is 6.75. The molecule has 9 heteroatoms. The van der Waals surface area contributed by atoms with E-state index in [1.54, 1.807) is 22.6 Å². The minimum absolute atomic E-state index is 0.145. The lowest BCUT2D eigenvalue weighted by Gasteiger charge is -2.22. The van der Waals surface area contributed by atoms with Crippen molar-refractivity contribution in [1.82, 2.24) is 20.0 Å². The van der Waals surface area contributed by atoms with Crippen LogP contribution in [0.5, 0.6) is 0 Å². The predicted molar refractivity (Wildman–Crippen MR) is 128 cm³/mol. The standard InChI is InChI=1S/C23H26N4O3S2/c28-20(24-14-6-2-1-3-7-14)13-10-11-16-17(12-13)27-19(26-21(16)29)18(32-23(27)31)22(30)25-15-8-4-5-9-15/h10-12,14-15H,1-9H2,(H,24,28)(H,25,30)(H,26,29). The number of amides is 2. The normalized spacial score (nSPS) is 17.8. The summed E-state index contributed by atoms with van der Waals surface area (Å²) in [7, 11) is 0. The Morgan fingerprint density at radius 3 is 2.28 bits per heavy atom. The Morgan fingerprint density at radius 1 is 0.969 bits per heavy atom. The van der Waals surface area contributed by atoms with Crippen molar-refractivity contribution < 1.29 is 9.59 Å². The fourth-order valence-electron chi connectivity index (χ4n) is 4.92. The maximum absolute atomic E-state index is 12.9. The molecule has 2 aliphatic rings. The molecular weight excluding hydrogens is 444 g/mol. The summed E-state index contributed by atoms with van der Waals surface area (Å²) in [4.78, 5) is 41.8. The minimum Gasteiger partial charge on any atom is -0.349 e. The van der Waals surface area contributed by atoms with E-state index in [1.807, 2.05) is 0 Å². The number of carbonyl (C=O) groups excluding carboxylic acids is 2. The van der Waals surface area contributed by atoms with Gasteiger partial charge in [-0.05, 0) is 56.1 Å². The third kappa shape index (κ3) is 3.99. The van der Waals surface area contributed by atoms with E-state index in [-0.39, 0.29) is 29.5 Å². The van der Waals surface area contributed by atoms with Crippen molar-refractivity contribution in [2.45, 2.75) is 69.9 Å². The second-order valence-electron chi connectivity index (χ2n) is 8.83. The van der Waals surface area contributed by atoms with Crippen LogP contribution in [0.4, 0.5) is 0 Å². The molecule has 32 heavy (non-hydrogen) atoms. The molecule has 2 fully saturated rings. The molecule has 5 rings (SSSR count). The molecule has 2 heterocycles. The Hall–Kier alpha value is -2.52. The highest BCUT2D eigenvalue weighted by atomic mass is 32.1. The molecule has 2 aliphatic carbocycles. The van der Waals surface area contributed by atoms with E-state index in [1.165, 1.54) is 17.8 Å². The largest absolute Gasteiger partial charge is 0.349 e. The molecule has 0 radical (unpaired) electrons. The summed E-state index contributed by atoms with van der Waals surface area (Å²) in [5, 5.41) is 6.62. The number of nitrogens with one attached hydrogen (secondary N) is 3. The van der Waals surface area contributed by atoms with E-state index in [0.29, 0.717) is 30.9 Å². The molecule has 0 spiro atoms. The molecule has 0 unspecified atom stereocenters. The Balaban J connectivity index is 1.54. The Labute approximate surface area is 194 Å². The lowest BCUT2D eigenvalue weighted by atomic mass is 9.95. The number of fused-ring (bicyclic) bond motifs is 3. The second-order valence-corrected chi connectivity index (χ2v) is 10.5. The van der Waals surface area contributed by atoms with Crippen molar-refractivity contribution in [2.24, 2.45) is 0 Å². The number of H-pyrrole nitrogens is 1. The van der Waals surface area contributed by atoms with Crippen molar-refractivity contribution in [3.05, 3.63) is 42.9 Å². The first-order valence-corrected chi connectivity index (χ1v) is 12.6. The van der Waals surface area contributed by atoms with Gasteiger partial charge in [0, 0.05) is 17.6 Å². The predicted octanol–water partition coefficient (Wildman–Crippen LogP) is 4.31. The lowest BCUT2D eigenvalue weighted by Crippen LogP contribution is -2.36. The number of benzene rings is 1. The second kappa shape index (κ2) is 8.78. The molecule has 2 saturated carbocycles. The maximum atomic E-state index is 12.9. The molecule has 3 aromatic rings. The SMILES string of the molecule is O=C(NC1CCCCC1)c1ccc2c(=O)[nH]c3c(C(=O)NC4CCCC4)sc(=S)n3c2c1. The molecule has 0 saturated heterocycles. The van der Waals surface area contributed by atoms with Crippen molar-refractivity contribution in [2.75, 3.05) is 0 Å².